The van der Waals surface area contributed by atoms with Gasteiger partial charge in [0.15, 0.2) is 0 Å². The molecule has 2 N–H and O–H groups in total. The Morgan fingerprint density at radius 1 is 1.47 bits per heavy atom. The summed E-state index contributed by atoms with van der Waals surface area (Å²) in [6, 6.07) is 5.02. The third-order valence-corrected chi connectivity index (χ3v) is 3.99. The van der Waals surface area contributed by atoms with Gasteiger partial charge in [0, 0.05) is 30.2 Å². The van der Waals surface area contributed by atoms with Crippen LogP contribution in [0, 0.1) is 16.0 Å². The first-order valence-electron chi connectivity index (χ1n) is 6.43. The van der Waals surface area contributed by atoms with Gasteiger partial charge in [-0.3, -0.25) is 10.1 Å². The van der Waals surface area contributed by atoms with Gasteiger partial charge < -0.3 is 10.6 Å². The number of anilines is 1. The van der Waals surface area contributed by atoms with Crippen LogP contribution in [0.5, 0.6) is 0 Å². The van der Waals surface area contributed by atoms with Crippen LogP contribution in [0.1, 0.15) is 19.8 Å². The Morgan fingerprint density at radius 3 is 2.63 bits per heavy atom. The molecule has 1 aliphatic rings. The number of halogens is 1. The van der Waals surface area contributed by atoms with Crippen LogP contribution in [0.3, 0.4) is 0 Å². The normalized spacial score (nSPS) is 18.4. The van der Waals surface area contributed by atoms with E-state index in [2.05, 4.69) is 0 Å². The minimum Gasteiger partial charge on any atom is -0.366 e. The van der Waals surface area contributed by atoms with Crippen molar-refractivity contribution in [3.05, 3.63) is 33.3 Å². The Hall–Kier alpha value is -1.33. The largest absolute Gasteiger partial charge is 0.366 e. The highest BCUT2D eigenvalue weighted by atomic mass is 35.5. The summed E-state index contributed by atoms with van der Waals surface area (Å²) >= 11 is 5.83. The summed E-state index contributed by atoms with van der Waals surface area (Å²) in [5, 5.41) is 11.5. The standard InChI is InChI=1S/C13H18ClN3O2/c1-9(15)10-4-6-16(7-5-10)12-3-2-11(14)8-13(12)17(18)19/h2-3,8-10H,4-7,15H2,1H3. The van der Waals surface area contributed by atoms with Crippen LogP contribution in [0.2, 0.25) is 5.02 Å². The maximum Gasteiger partial charge on any atom is 0.294 e. The van der Waals surface area contributed by atoms with Crippen LogP contribution in [-0.4, -0.2) is 24.1 Å². The summed E-state index contributed by atoms with van der Waals surface area (Å²) in [5.41, 5.74) is 6.63. The molecule has 1 atom stereocenters. The van der Waals surface area contributed by atoms with Crippen LogP contribution in [-0.2, 0) is 0 Å². The van der Waals surface area contributed by atoms with Gasteiger partial charge in [0.25, 0.3) is 5.69 Å². The minimum absolute atomic E-state index is 0.0757. The summed E-state index contributed by atoms with van der Waals surface area (Å²) < 4.78 is 0. The summed E-state index contributed by atoms with van der Waals surface area (Å²) in [5.74, 6) is 0.502. The third-order valence-electron chi connectivity index (χ3n) is 3.76. The lowest BCUT2D eigenvalue weighted by molar-refractivity contribution is -0.384. The molecule has 6 heteroatoms. The van der Waals surface area contributed by atoms with Crippen molar-refractivity contribution in [1.29, 1.82) is 0 Å². The fourth-order valence-corrected chi connectivity index (χ4v) is 2.74. The molecule has 0 bridgehead atoms. The van der Waals surface area contributed by atoms with Gasteiger partial charge in [0.1, 0.15) is 5.69 Å². The van der Waals surface area contributed by atoms with Crippen LogP contribution < -0.4 is 10.6 Å². The molecular weight excluding hydrogens is 266 g/mol. The van der Waals surface area contributed by atoms with Crippen molar-refractivity contribution in [3.8, 4) is 0 Å². The molecule has 1 aromatic carbocycles. The van der Waals surface area contributed by atoms with Crippen molar-refractivity contribution in [1.82, 2.24) is 0 Å². The summed E-state index contributed by atoms with van der Waals surface area (Å²) in [6.07, 6.45) is 1.94. The highest BCUT2D eigenvalue weighted by molar-refractivity contribution is 6.30. The van der Waals surface area contributed by atoms with Gasteiger partial charge in [-0.15, -0.1) is 0 Å². The van der Waals surface area contributed by atoms with Crippen LogP contribution in [0.15, 0.2) is 18.2 Å². The predicted molar refractivity (Wildman–Crippen MR) is 76.7 cm³/mol. The van der Waals surface area contributed by atoms with Crippen LogP contribution in [0.4, 0.5) is 11.4 Å². The van der Waals surface area contributed by atoms with E-state index in [-0.39, 0.29) is 16.7 Å². The van der Waals surface area contributed by atoms with E-state index in [1.807, 2.05) is 11.8 Å². The molecule has 19 heavy (non-hydrogen) atoms. The maximum atomic E-state index is 11.1. The smallest absolute Gasteiger partial charge is 0.294 e. The van der Waals surface area contributed by atoms with E-state index >= 15 is 0 Å². The number of hydrogen-bond acceptors (Lipinski definition) is 4. The van der Waals surface area contributed by atoms with Gasteiger partial charge in [0.2, 0.25) is 0 Å². The van der Waals surface area contributed by atoms with Crippen LogP contribution >= 0.6 is 11.6 Å². The Morgan fingerprint density at radius 2 is 2.11 bits per heavy atom. The molecule has 1 unspecified atom stereocenters. The van der Waals surface area contributed by atoms with E-state index < -0.39 is 0 Å². The molecular formula is C13H18ClN3O2. The van der Waals surface area contributed by atoms with Crippen molar-refractivity contribution in [3.63, 3.8) is 0 Å². The number of nitrogens with zero attached hydrogens (tertiary/aromatic N) is 2. The zero-order chi connectivity index (χ0) is 14.0. The molecule has 0 amide bonds. The second-order valence-corrected chi connectivity index (χ2v) is 5.51. The number of piperidine rings is 1. The molecule has 0 radical (unpaired) electrons. The molecule has 0 aromatic heterocycles. The number of nitro groups is 1. The lowest BCUT2D eigenvalue weighted by atomic mass is 9.90. The number of hydrogen-bond donors (Lipinski definition) is 1. The van der Waals surface area contributed by atoms with Crippen molar-refractivity contribution >= 4 is 23.0 Å². The van der Waals surface area contributed by atoms with E-state index in [1.54, 1.807) is 12.1 Å². The Labute approximate surface area is 117 Å². The molecule has 0 saturated carbocycles. The Balaban J connectivity index is 2.17. The number of nitro benzene ring substituents is 1. The van der Waals surface area contributed by atoms with Crippen molar-refractivity contribution in [2.24, 2.45) is 11.7 Å². The molecule has 104 valence electrons. The van der Waals surface area contributed by atoms with E-state index in [1.165, 1.54) is 6.07 Å². The van der Waals surface area contributed by atoms with Crippen molar-refractivity contribution in [2.45, 2.75) is 25.8 Å². The maximum absolute atomic E-state index is 11.1. The Kier molecular flexibility index (Phi) is 4.27. The third kappa shape index (κ3) is 3.16. The van der Waals surface area contributed by atoms with Gasteiger partial charge in [-0.05, 0) is 37.8 Å². The summed E-state index contributed by atoms with van der Waals surface area (Å²) in [6.45, 7) is 3.62. The molecule has 2 rings (SSSR count). The quantitative estimate of drug-likeness (QED) is 0.684. The molecule has 1 saturated heterocycles. The van der Waals surface area contributed by atoms with E-state index in [0.29, 0.717) is 16.6 Å². The zero-order valence-electron chi connectivity index (χ0n) is 10.9. The second kappa shape index (κ2) is 5.75. The second-order valence-electron chi connectivity index (χ2n) is 5.07. The van der Waals surface area contributed by atoms with Gasteiger partial charge in [-0.1, -0.05) is 11.6 Å². The van der Waals surface area contributed by atoms with Crippen molar-refractivity contribution < 1.29 is 4.92 Å². The first-order chi connectivity index (χ1) is 8.99. The van der Waals surface area contributed by atoms with E-state index in [9.17, 15) is 10.1 Å². The molecule has 1 fully saturated rings. The molecule has 1 heterocycles. The average molecular weight is 284 g/mol. The number of nitrogens with two attached hydrogens (primary N) is 1. The SMILES string of the molecule is CC(N)C1CCN(c2ccc(Cl)cc2[N+](=O)[O-])CC1. The topological polar surface area (TPSA) is 72.4 Å². The molecule has 1 aromatic rings. The Bertz CT molecular complexity index is 471. The zero-order valence-corrected chi connectivity index (χ0v) is 11.6. The van der Waals surface area contributed by atoms with Crippen molar-refractivity contribution in [2.75, 3.05) is 18.0 Å². The summed E-state index contributed by atoms with van der Waals surface area (Å²) in [7, 11) is 0. The highest BCUT2D eigenvalue weighted by Crippen LogP contribution is 2.33. The fraction of sp³-hybridized carbons (Fsp3) is 0.538. The minimum atomic E-state index is -0.376. The molecule has 5 nitrogen and oxygen atoms in total. The molecule has 0 spiro atoms. The van der Waals surface area contributed by atoms with E-state index in [0.717, 1.165) is 25.9 Å². The first-order valence-corrected chi connectivity index (χ1v) is 6.81. The van der Waals surface area contributed by atoms with Crippen LogP contribution in [0.25, 0.3) is 0 Å². The van der Waals surface area contributed by atoms with Gasteiger partial charge in [0.05, 0.1) is 4.92 Å². The molecule has 1 aliphatic heterocycles. The van der Waals surface area contributed by atoms with Gasteiger partial charge in [-0.2, -0.15) is 0 Å². The summed E-state index contributed by atoms with van der Waals surface area (Å²) in [4.78, 5) is 12.8. The predicted octanol–water partition coefficient (Wildman–Crippen LogP) is 2.81. The number of benzene rings is 1. The van der Waals surface area contributed by atoms with E-state index in [4.69, 9.17) is 17.3 Å². The molecule has 0 aliphatic carbocycles. The first kappa shape index (κ1) is 14.1. The average Bonchev–Trinajstić information content (AvgIpc) is 2.38. The highest BCUT2D eigenvalue weighted by Gasteiger charge is 2.26. The van der Waals surface area contributed by atoms with Gasteiger partial charge >= 0.3 is 0 Å². The monoisotopic (exact) mass is 283 g/mol. The lowest BCUT2D eigenvalue weighted by Crippen LogP contribution is -2.39. The fourth-order valence-electron chi connectivity index (χ4n) is 2.58. The lowest BCUT2D eigenvalue weighted by Gasteiger charge is -2.34. The number of rotatable bonds is 3. The van der Waals surface area contributed by atoms with Gasteiger partial charge in [-0.25, -0.2) is 0 Å².